The lowest BCUT2D eigenvalue weighted by molar-refractivity contribution is -0.129. The summed E-state index contributed by atoms with van der Waals surface area (Å²) in [6.45, 7) is 3.54. The summed E-state index contributed by atoms with van der Waals surface area (Å²) in [5, 5.41) is 9.62. The Kier molecular flexibility index (Phi) is 4.92. The normalized spacial score (nSPS) is 16.7. The molecule has 4 N–H and O–H groups in total. The topological polar surface area (TPSA) is 113 Å². The molecule has 0 bridgehead atoms. The van der Waals surface area contributed by atoms with E-state index >= 15 is 0 Å². The van der Waals surface area contributed by atoms with Crippen LogP contribution in [0.25, 0.3) is 0 Å². The predicted octanol–water partition coefficient (Wildman–Crippen LogP) is 0.110. The van der Waals surface area contributed by atoms with E-state index in [0.717, 1.165) is 0 Å². The first-order valence-electron chi connectivity index (χ1n) is 5.98. The number of rotatable bonds is 3. The summed E-state index contributed by atoms with van der Waals surface area (Å²) in [7, 11) is 0. The van der Waals surface area contributed by atoms with Gasteiger partial charge in [0.2, 0.25) is 5.91 Å². The van der Waals surface area contributed by atoms with E-state index in [1.165, 1.54) is 6.08 Å². The van der Waals surface area contributed by atoms with Gasteiger partial charge in [-0.15, -0.1) is 0 Å². The molecule has 0 heterocycles. The van der Waals surface area contributed by atoms with Crippen molar-refractivity contribution in [3.05, 3.63) is 17.2 Å². The first-order chi connectivity index (χ1) is 8.86. The summed E-state index contributed by atoms with van der Waals surface area (Å²) in [5.74, 6) is 0.312. The third kappa shape index (κ3) is 3.71. The molecule has 19 heavy (non-hydrogen) atoms. The third-order valence-corrected chi connectivity index (χ3v) is 2.89. The number of hydrogen-bond donors (Lipinski definition) is 3. The van der Waals surface area contributed by atoms with Crippen molar-refractivity contribution in [1.29, 1.82) is 5.41 Å². The monoisotopic (exact) mass is 263 g/mol. The van der Waals surface area contributed by atoms with E-state index < -0.39 is 17.9 Å². The molecule has 1 rings (SSSR count). The zero-order chi connectivity index (χ0) is 14.6. The number of carbonyl (C=O) groups is 2. The molecule has 0 aromatic carbocycles. The first kappa shape index (κ1) is 15.0. The Hall–Kier alpha value is -2.04. The van der Waals surface area contributed by atoms with E-state index in [2.05, 4.69) is 5.32 Å². The number of nitrogens with one attached hydrogen (secondary N) is 2. The second-order valence-electron chi connectivity index (χ2n) is 4.77. The van der Waals surface area contributed by atoms with Crippen LogP contribution in [-0.2, 0) is 14.4 Å². The maximum absolute atomic E-state index is 11.9. The number of nitrogens with two attached hydrogens (primary N) is 1. The summed E-state index contributed by atoms with van der Waals surface area (Å²) >= 11 is 0. The summed E-state index contributed by atoms with van der Waals surface area (Å²) in [6.07, 6.45) is 1.83. The largest absolute Gasteiger partial charge is 0.320 e. The number of allylic oxidation sites excluding steroid dienone is 1. The highest BCUT2D eigenvalue weighted by Gasteiger charge is 2.25. The fraction of sp³-hybridized carbons (Fsp3) is 0.462. The maximum atomic E-state index is 11.9. The fourth-order valence-corrected chi connectivity index (χ4v) is 1.62. The highest BCUT2D eigenvalue weighted by molar-refractivity contribution is 6.11. The van der Waals surface area contributed by atoms with Crippen molar-refractivity contribution in [2.45, 2.75) is 32.7 Å². The smallest absolute Gasteiger partial charge is 0.258 e. The van der Waals surface area contributed by atoms with Crippen LogP contribution in [0, 0.1) is 11.3 Å². The molecule has 1 atom stereocenters. The minimum absolute atomic E-state index is 0.0905. The van der Waals surface area contributed by atoms with Crippen molar-refractivity contribution in [3.63, 3.8) is 0 Å². The molecule has 0 fully saturated rings. The van der Waals surface area contributed by atoms with Crippen molar-refractivity contribution in [3.8, 4) is 0 Å². The van der Waals surface area contributed by atoms with Gasteiger partial charge in [-0.25, -0.2) is 4.79 Å². The molecule has 0 saturated heterocycles. The van der Waals surface area contributed by atoms with Crippen LogP contribution in [0.5, 0.6) is 0 Å². The van der Waals surface area contributed by atoms with Crippen LogP contribution >= 0.6 is 0 Å². The average Bonchev–Trinajstić information content (AvgIpc) is 2.36. The van der Waals surface area contributed by atoms with Gasteiger partial charge in [0.1, 0.15) is 5.94 Å². The van der Waals surface area contributed by atoms with Gasteiger partial charge >= 0.3 is 0 Å². The molecular weight excluding hydrogens is 246 g/mol. The zero-order valence-corrected chi connectivity index (χ0v) is 10.9. The van der Waals surface area contributed by atoms with Gasteiger partial charge in [0.25, 0.3) is 5.91 Å². The number of imide groups is 1. The SMILES string of the molecule is CC(C)[C@H](N)C(=O)NC(=O)C1=CCC(=N)CC1=C=O. The van der Waals surface area contributed by atoms with Crippen molar-refractivity contribution in [2.75, 3.05) is 0 Å². The van der Waals surface area contributed by atoms with Gasteiger partial charge in [0, 0.05) is 18.6 Å². The minimum Gasteiger partial charge on any atom is -0.320 e. The molecule has 0 aromatic rings. The van der Waals surface area contributed by atoms with E-state index in [1.54, 1.807) is 19.8 Å². The molecule has 6 heteroatoms. The van der Waals surface area contributed by atoms with E-state index in [9.17, 15) is 14.4 Å². The molecule has 0 aliphatic heterocycles. The quantitative estimate of drug-likeness (QED) is 0.627. The van der Waals surface area contributed by atoms with Gasteiger partial charge in [-0.1, -0.05) is 19.9 Å². The molecule has 1 aliphatic rings. The molecule has 0 radical (unpaired) electrons. The maximum Gasteiger partial charge on any atom is 0.258 e. The van der Waals surface area contributed by atoms with Crippen LogP contribution in [-0.4, -0.2) is 29.5 Å². The lowest BCUT2D eigenvalue weighted by atomic mass is 9.92. The Morgan fingerprint density at radius 3 is 2.63 bits per heavy atom. The van der Waals surface area contributed by atoms with Gasteiger partial charge in [0.15, 0.2) is 0 Å². The second-order valence-corrected chi connectivity index (χ2v) is 4.77. The van der Waals surface area contributed by atoms with E-state index in [-0.39, 0.29) is 23.5 Å². The van der Waals surface area contributed by atoms with Gasteiger partial charge in [-0.3, -0.25) is 14.9 Å². The summed E-state index contributed by atoms with van der Waals surface area (Å²) in [4.78, 5) is 34.3. The predicted molar refractivity (Wildman–Crippen MR) is 70.2 cm³/mol. The summed E-state index contributed by atoms with van der Waals surface area (Å²) in [6, 6.07) is -0.782. The zero-order valence-electron chi connectivity index (χ0n) is 10.9. The molecule has 2 amide bonds. The van der Waals surface area contributed by atoms with E-state index in [1.807, 2.05) is 0 Å². The van der Waals surface area contributed by atoms with Crippen molar-refractivity contribution in [2.24, 2.45) is 11.7 Å². The van der Waals surface area contributed by atoms with E-state index in [4.69, 9.17) is 11.1 Å². The first-order valence-corrected chi connectivity index (χ1v) is 5.98. The summed E-state index contributed by atoms with van der Waals surface area (Å²) in [5.41, 5.74) is 6.16. The van der Waals surface area contributed by atoms with Crippen LogP contribution in [0.4, 0.5) is 0 Å². The number of hydrogen-bond acceptors (Lipinski definition) is 5. The Labute approximate surface area is 111 Å². The molecule has 1 aliphatic carbocycles. The molecule has 0 unspecified atom stereocenters. The molecule has 6 nitrogen and oxygen atoms in total. The Morgan fingerprint density at radius 2 is 2.11 bits per heavy atom. The van der Waals surface area contributed by atoms with Crippen LogP contribution in [0.1, 0.15) is 26.7 Å². The Morgan fingerprint density at radius 1 is 1.47 bits per heavy atom. The lowest BCUT2D eigenvalue weighted by Crippen LogP contribution is -2.46. The van der Waals surface area contributed by atoms with Gasteiger partial charge < -0.3 is 11.1 Å². The standard InChI is InChI=1S/C13H17N3O3/c1-7(2)11(15)13(19)16-12(18)10-4-3-9(14)5-8(10)6-17/h4,7,11,14H,3,5,15H2,1-2H3,(H,16,18,19)/t11-/m0/s1. The van der Waals surface area contributed by atoms with Crippen LogP contribution in [0.3, 0.4) is 0 Å². The van der Waals surface area contributed by atoms with Crippen molar-refractivity contribution < 1.29 is 14.4 Å². The number of amides is 2. The Bertz CT molecular complexity index is 499. The molecule has 0 spiro atoms. The molecule has 0 aromatic heterocycles. The highest BCUT2D eigenvalue weighted by Crippen LogP contribution is 2.19. The van der Waals surface area contributed by atoms with Crippen LogP contribution in [0.15, 0.2) is 17.2 Å². The fourth-order valence-electron chi connectivity index (χ4n) is 1.62. The Balaban J connectivity index is 2.81. The third-order valence-electron chi connectivity index (χ3n) is 2.89. The van der Waals surface area contributed by atoms with Gasteiger partial charge in [0.05, 0.1) is 17.2 Å². The van der Waals surface area contributed by atoms with Crippen LogP contribution in [0.2, 0.25) is 0 Å². The van der Waals surface area contributed by atoms with E-state index in [0.29, 0.717) is 12.1 Å². The van der Waals surface area contributed by atoms with Crippen molar-refractivity contribution in [1.82, 2.24) is 5.32 Å². The van der Waals surface area contributed by atoms with Crippen LogP contribution < -0.4 is 11.1 Å². The molecule has 102 valence electrons. The molecule has 0 saturated carbocycles. The summed E-state index contributed by atoms with van der Waals surface area (Å²) < 4.78 is 0. The molecular formula is C13H17N3O3. The minimum atomic E-state index is -0.782. The van der Waals surface area contributed by atoms with Crippen molar-refractivity contribution >= 4 is 23.5 Å². The lowest BCUT2D eigenvalue weighted by Gasteiger charge is -2.17. The number of carbonyl (C=O) groups excluding carboxylic acids is 3. The second kappa shape index (κ2) is 6.22. The highest BCUT2D eigenvalue weighted by atomic mass is 16.2. The average molecular weight is 263 g/mol. The van der Waals surface area contributed by atoms with Gasteiger partial charge in [-0.2, -0.15) is 0 Å². The van der Waals surface area contributed by atoms with Gasteiger partial charge in [-0.05, 0) is 5.92 Å².